The maximum atomic E-state index is 11.7. The van der Waals surface area contributed by atoms with E-state index in [0.29, 0.717) is 12.1 Å². The molecule has 0 fully saturated rings. The lowest BCUT2D eigenvalue weighted by Crippen LogP contribution is -2.10. The van der Waals surface area contributed by atoms with Crippen LogP contribution < -0.4 is 5.32 Å². The molecule has 0 aromatic heterocycles. The van der Waals surface area contributed by atoms with Crippen LogP contribution in [0.15, 0.2) is 72.8 Å². The highest BCUT2D eigenvalue weighted by atomic mass is 16.3. The Hall–Kier alpha value is -3.07. The molecule has 0 saturated carbocycles. The lowest BCUT2D eigenvalue weighted by atomic mass is 9.99. The smallest absolute Gasteiger partial charge is 0.224 e. The van der Waals surface area contributed by atoms with Gasteiger partial charge in [-0.1, -0.05) is 61.5 Å². The minimum absolute atomic E-state index is 0.0529. The molecule has 0 atom stereocenters. The predicted octanol–water partition coefficient (Wildman–Crippen LogP) is 5.07. The van der Waals surface area contributed by atoms with Crippen molar-refractivity contribution >= 4 is 11.6 Å². The molecule has 0 aliphatic rings. The van der Waals surface area contributed by atoms with Crippen LogP contribution in [0.5, 0.6) is 5.75 Å². The second-order valence-corrected chi connectivity index (χ2v) is 5.57. The number of phenols is 1. The fraction of sp³-hybridized carbons (Fsp3) is 0.0952. The highest BCUT2D eigenvalue weighted by molar-refractivity contribution is 5.95. The van der Waals surface area contributed by atoms with Gasteiger partial charge < -0.3 is 10.4 Å². The van der Waals surface area contributed by atoms with E-state index in [1.165, 1.54) is 0 Å². The van der Waals surface area contributed by atoms with Crippen LogP contribution in [0.2, 0.25) is 0 Å². The quantitative estimate of drug-likeness (QED) is 0.660. The zero-order valence-corrected chi connectivity index (χ0v) is 13.5. The summed E-state index contributed by atoms with van der Waals surface area (Å²) in [5, 5.41) is 12.7. The van der Waals surface area contributed by atoms with Crippen molar-refractivity contribution in [3.63, 3.8) is 0 Å². The van der Waals surface area contributed by atoms with Crippen LogP contribution >= 0.6 is 0 Å². The molecule has 120 valence electrons. The fourth-order valence-corrected chi connectivity index (χ4v) is 2.59. The molecule has 0 aliphatic heterocycles. The van der Waals surface area contributed by atoms with E-state index in [9.17, 15) is 9.90 Å². The van der Waals surface area contributed by atoms with Crippen molar-refractivity contribution < 1.29 is 9.90 Å². The topological polar surface area (TPSA) is 49.3 Å². The molecule has 0 saturated heterocycles. The SMILES string of the molecule is CCC(=O)Nc1ccc(O)cc1-c1ccc(-c2ccccc2)cc1. The normalized spacial score (nSPS) is 10.4. The third kappa shape index (κ3) is 3.46. The van der Waals surface area contributed by atoms with Crippen LogP contribution in [0.3, 0.4) is 0 Å². The molecule has 0 aliphatic carbocycles. The molecule has 3 aromatic carbocycles. The Balaban J connectivity index is 1.97. The van der Waals surface area contributed by atoms with Crippen molar-refractivity contribution in [3.8, 4) is 28.0 Å². The summed E-state index contributed by atoms with van der Waals surface area (Å²) in [6, 6.07) is 23.2. The summed E-state index contributed by atoms with van der Waals surface area (Å²) >= 11 is 0. The van der Waals surface area contributed by atoms with E-state index in [-0.39, 0.29) is 11.7 Å². The monoisotopic (exact) mass is 317 g/mol. The number of rotatable bonds is 4. The van der Waals surface area contributed by atoms with Gasteiger partial charge in [-0.2, -0.15) is 0 Å². The molecule has 0 unspecified atom stereocenters. The van der Waals surface area contributed by atoms with Gasteiger partial charge in [0.2, 0.25) is 5.91 Å². The number of carbonyl (C=O) groups is 1. The molecule has 0 bridgehead atoms. The lowest BCUT2D eigenvalue weighted by Gasteiger charge is -2.12. The first-order valence-electron chi connectivity index (χ1n) is 7.96. The lowest BCUT2D eigenvalue weighted by molar-refractivity contribution is -0.115. The third-order valence-electron chi connectivity index (χ3n) is 3.90. The Bertz CT molecular complexity index is 839. The number of hydrogen-bond acceptors (Lipinski definition) is 2. The number of amides is 1. The van der Waals surface area contributed by atoms with Gasteiger partial charge >= 0.3 is 0 Å². The summed E-state index contributed by atoms with van der Waals surface area (Å²) in [6.45, 7) is 1.81. The van der Waals surface area contributed by atoms with Gasteiger partial charge in [-0.05, 0) is 34.9 Å². The number of anilines is 1. The zero-order valence-electron chi connectivity index (χ0n) is 13.5. The molecule has 3 rings (SSSR count). The molecule has 1 amide bonds. The highest BCUT2D eigenvalue weighted by Crippen LogP contribution is 2.33. The molecule has 3 nitrogen and oxygen atoms in total. The first-order valence-corrected chi connectivity index (χ1v) is 7.96. The maximum Gasteiger partial charge on any atom is 0.224 e. The van der Waals surface area contributed by atoms with Gasteiger partial charge in [0, 0.05) is 17.7 Å². The molecule has 0 radical (unpaired) electrons. The van der Waals surface area contributed by atoms with Gasteiger partial charge in [0.25, 0.3) is 0 Å². The molecule has 3 aromatic rings. The number of aromatic hydroxyl groups is 1. The largest absolute Gasteiger partial charge is 0.508 e. The van der Waals surface area contributed by atoms with E-state index in [1.54, 1.807) is 18.2 Å². The number of phenolic OH excluding ortho intramolecular Hbond substituents is 1. The van der Waals surface area contributed by atoms with Crippen molar-refractivity contribution in [2.45, 2.75) is 13.3 Å². The first-order chi connectivity index (χ1) is 11.7. The van der Waals surface area contributed by atoms with Gasteiger partial charge in [-0.15, -0.1) is 0 Å². The number of carbonyl (C=O) groups excluding carboxylic acids is 1. The van der Waals surface area contributed by atoms with Gasteiger partial charge in [0.15, 0.2) is 0 Å². The van der Waals surface area contributed by atoms with Crippen LogP contribution in [0.4, 0.5) is 5.69 Å². The summed E-state index contributed by atoms with van der Waals surface area (Å²) in [5.74, 6) is 0.120. The highest BCUT2D eigenvalue weighted by Gasteiger charge is 2.09. The molecular formula is C21H19NO2. The van der Waals surface area contributed by atoms with E-state index in [1.807, 2.05) is 49.4 Å². The Morgan fingerprint density at radius 1 is 0.875 bits per heavy atom. The summed E-state index contributed by atoms with van der Waals surface area (Å²) in [7, 11) is 0. The average molecular weight is 317 g/mol. The van der Waals surface area contributed by atoms with Crippen LogP contribution in [0.25, 0.3) is 22.3 Å². The van der Waals surface area contributed by atoms with Gasteiger partial charge in [0.05, 0.1) is 0 Å². The minimum atomic E-state index is -0.0529. The minimum Gasteiger partial charge on any atom is -0.508 e. The Morgan fingerprint density at radius 2 is 1.50 bits per heavy atom. The second kappa shape index (κ2) is 7.01. The number of benzene rings is 3. The van der Waals surface area contributed by atoms with Crippen LogP contribution in [0.1, 0.15) is 13.3 Å². The second-order valence-electron chi connectivity index (χ2n) is 5.57. The van der Waals surface area contributed by atoms with E-state index >= 15 is 0 Å². The molecule has 3 heteroatoms. The van der Waals surface area contributed by atoms with E-state index < -0.39 is 0 Å². The zero-order chi connectivity index (χ0) is 16.9. The summed E-state index contributed by atoms with van der Waals surface area (Å²) < 4.78 is 0. The van der Waals surface area contributed by atoms with Gasteiger partial charge in [-0.25, -0.2) is 0 Å². The Morgan fingerprint density at radius 3 is 2.17 bits per heavy atom. The van der Waals surface area contributed by atoms with E-state index in [0.717, 1.165) is 22.3 Å². The Kier molecular flexibility index (Phi) is 4.62. The van der Waals surface area contributed by atoms with Crippen LogP contribution in [-0.2, 0) is 4.79 Å². The maximum absolute atomic E-state index is 11.7. The standard InChI is InChI=1S/C21H19NO2/c1-2-21(24)22-20-13-12-18(23)14-19(20)17-10-8-16(9-11-17)15-6-4-3-5-7-15/h3-14,23H,2H2,1H3,(H,22,24). The van der Waals surface area contributed by atoms with Gasteiger partial charge in [0.1, 0.15) is 5.75 Å². The first kappa shape index (κ1) is 15.8. The van der Waals surface area contributed by atoms with Crippen molar-refractivity contribution in [3.05, 3.63) is 72.8 Å². The van der Waals surface area contributed by atoms with E-state index in [4.69, 9.17) is 0 Å². The fourth-order valence-electron chi connectivity index (χ4n) is 2.59. The van der Waals surface area contributed by atoms with Crippen molar-refractivity contribution in [1.29, 1.82) is 0 Å². The van der Waals surface area contributed by atoms with Crippen LogP contribution in [-0.4, -0.2) is 11.0 Å². The average Bonchev–Trinajstić information content (AvgIpc) is 2.64. The number of nitrogens with one attached hydrogen (secondary N) is 1. The molecule has 0 spiro atoms. The van der Waals surface area contributed by atoms with Gasteiger partial charge in [-0.3, -0.25) is 4.79 Å². The Labute approximate surface area is 141 Å². The molecule has 0 heterocycles. The van der Waals surface area contributed by atoms with E-state index in [2.05, 4.69) is 17.4 Å². The molecule has 2 N–H and O–H groups in total. The third-order valence-corrected chi connectivity index (χ3v) is 3.90. The van der Waals surface area contributed by atoms with Crippen molar-refractivity contribution in [2.24, 2.45) is 0 Å². The predicted molar refractivity (Wildman–Crippen MR) is 97.9 cm³/mol. The van der Waals surface area contributed by atoms with Crippen molar-refractivity contribution in [1.82, 2.24) is 0 Å². The summed E-state index contributed by atoms with van der Waals surface area (Å²) in [4.78, 5) is 11.7. The molecular weight excluding hydrogens is 298 g/mol. The van der Waals surface area contributed by atoms with Crippen molar-refractivity contribution in [2.75, 3.05) is 5.32 Å². The number of hydrogen-bond donors (Lipinski definition) is 2. The summed E-state index contributed by atoms with van der Waals surface area (Å²) in [5.41, 5.74) is 4.72. The van der Waals surface area contributed by atoms with Crippen LogP contribution in [0, 0.1) is 0 Å². The molecule has 24 heavy (non-hydrogen) atoms. The summed E-state index contributed by atoms with van der Waals surface area (Å²) in [6.07, 6.45) is 0.410.